The molecule has 0 saturated carbocycles. The van der Waals surface area contributed by atoms with E-state index in [-0.39, 0.29) is 17.2 Å². The van der Waals surface area contributed by atoms with Gasteiger partial charge in [-0.25, -0.2) is 0 Å². The first kappa shape index (κ1) is 16.3. The molecule has 1 aromatic heterocycles. The summed E-state index contributed by atoms with van der Waals surface area (Å²) in [5.74, 6) is -0.181. The summed E-state index contributed by atoms with van der Waals surface area (Å²) in [5.41, 5.74) is 3.95. The highest BCUT2D eigenvalue weighted by molar-refractivity contribution is 6.05. The second-order valence-corrected chi connectivity index (χ2v) is 6.50. The van der Waals surface area contributed by atoms with Crippen molar-refractivity contribution >= 4 is 11.6 Å². The summed E-state index contributed by atoms with van der Waals surface area (Å²) in [6.45, 7) is 2.71. The van der Waals surface area contributed by atoms with Crippen LogP contribution in [0.2, 0.25) is 0 Å². The number of rotatable bonds is 2. The van der Waals surface area contributed by atoms with Gasteiger partial charge in [0.1, 0.15) is 5.69 Å². The first-order valence-electron chi connectivity index (χ1n) is 8.71. The van der Waals surface area contributed by atoms with Gasteiger partial charge in [0.25, 0.3) is 11.5 Å². The van der Waals surface area contributed by atoms with Gasteiger partial charge < -0.3 is 4.90 Å². The van der Waals surface area contributed by atoms with Gasteiger partial charge in [0, 0.05) is 18.3 Å². The Morgan fingerprint density at radius 2 is 1.85 bits per heavy atom. The monoisotopic (exact) mass is 345 g/mol. The minimum atomic E-state index is -0.262. The number of para-hydroxylation sites is 1. The highest BCUT2D eigenvalue weighted by atomic mass is 16.2. The average molecular weight is 345 g/mol. The molecule has 0 atom stereocenters. The van der Waals surface area contributed by atoms with Gasteiger partial charge in [-0.05, 0) is 49.6 Å². The van der Waals surface area contributed by atoms with E-state index in [2.05, 4.69) is 18.1 Å². The lowest BCUT2D eigenvalue weighted by atomic mass is 9.99. The molecule has 0 unspecified atom stereocenters. The highest BCUT2D eigenvalue weighted by Crippen LogP contribution is 2.28. The highest BCUT2D eigenvalue weighted by Gasteiger charge is 2.25. The van der Waals surface area contributed by atoms with Crippen LogP contribution >= 0.6 is 0 Å². The van der Waals surface area contributed by atoms with Crippen LogP contribution in [0.1, 0.15) is 28.0 Å². The molecule has 3 aromatic rings. The molecule has 0 fully saturated rings. The number of anilines is 1. The van der Waals surface area contributed by atoms with E-state index in [1.165, 1.54) is 27.9 Å². The predicted octanol–water partition coefficient (Wildman–Crippen LogP) is 3.13. The molecule has 130 valence electrons. The molecule has 1 amide bonds. The Bertz CT molecular complexity index is 1020. The molecule has 4 rings (SSSR count). The Morgan fingerprint density at radius 1 is 1.04 bits per heavy atom. The largest absolute Gasteiger partial charge is 0.307 e. The van der Waals surface area contributed by atoms with Crippen LogP contribution in [0.15, 0.2) is 65.5 Å². The number of benzene rings is 2. The first-order chi connectivity index (χ1) is 12.6. The number of fused-ring (bicyclic) bond motifs is 1. The van der Waals surface area contributed by atoms with Crippen molar-refractivity contribution < 1.29 is 4.79 Å². The standard InChI is InChI=1S/C21H19N3O2/c1-15-9-11-19-16(14-15)6-5-13-23(19)21(26)18-10-12-20(25)24(22-18)17-7-3-2-4-8-17/h2-4,7-12,14H,5-6,13H2,1H3. The van der Waals surface area contributed by atoms with Gasteiger partial charge in [-0.2, -0.15) is 9.78 Å². The topological polar surface area (TPSA) is 55.2 Å². The molecule has 5 heteroatoms. The van der Waals surface area contributed by atoms with Crippen LogP contribution in [0.25, 0.3) is 5.69 Å². The number of hydrogen-bond donors (Lipinski definition) is 0. The van der Waals surface area contributed by atoms with E-state index in [0.29, 0.717) is 12.2 Å². The van der Waals surface area contributed by atoms with Crippen LogP contribution in [0, 0.1) is 6.92 Å². The zero-order chi connectivity index (χ0) is 18.1. The smallest absolute Gasteiger partial charge is 0.278 e. The molecule has 2 aromatic carbocycles. The number of aryl methyl sites for hydroxylation is 2. The number of amides is 1. The Hall–Kier alpha value is -3.21. The fourth-order valence-corrected chi connectivity index (χ4v) is 3.35. The molecule has 0 aliphatic carbocycles. The lowest BCUT2D eigenvalue weighted by Gasteiger charge is -2.29. The van der Waals surface area contributed by atoms with Crippen molar-refractivity contribution in [1.29, 1.82) is 0 Å². The van der Waals surface area contributed by atoms with Crippen molar-refractivity contribution in [2.45, 2.75) is 19.8 Å². The average Bonchev–Trinajstić information content (AvgIpc) is 2.68. The number of carbonyl (C=O) groups excluding carboxylic acids is 1. The van der Waals surface area contributed by atoms with Gasteiger partial charge in [0.05, 0.1) is 5.69 Å². The lowest BCUT2D eigenvalue weighted by molar-refractivity contribution is 0.0978. The third-order valence-electron chi connectivity index (χ3n) is 4.62. The summed E-state index contributed by atoms with van der Waals surface area (Å²) in [7, 11) is 0. The number of nitrogens with zero attached hydrogens (tertiary/aromatic N) is 3. The normalized spacial score (nSPS) is 13.3. The molecule has 1 aliphatic heterocycles. The SMILES string of the molecule is Cc1ccc2c(c1)CCCN2C(=O)c1ccc(=O)n(-c2ccccc2)n1. The van der Waals surface area contributed by atoms with Crippen molar-refractivity contribution in [2.75, 3.05) is 11.4 Å². The van der Waals surface area contributed by atoms with E-state index >= 15 is 0 Å². The molecular weight excluding hydrogens is 326 g/mol. The van der Waals surface area contributed by atoms with Gasteiger partial charge in [0.15, 0.2) is 0 Å². The van der Waals surface area contributed by atoms with Crippen molar-refractivity contribution in [3.63, 3.8) is 0 Å². The van der Waals surface area contributed by atoms with E-state index in [0.717, 1.165) is 18.5 Å². The second kappa shape index (κ2) is 6.59. The molecule has 0 bridgehead atoms. The van der Waals surface area contributed by atoms with Crippen LogP contribution < -0.4 is 10.5 Å². The molecule has 0 N–H and O–H groups in total. The van der Waals surface area contributed by atoms with Crippen molar-refractivity contribution in [3.8, 4) is 5.69 Å². The van der Waals surface area contributed by atoms with Gasteiger partial charge >= 0.3 is 0 Å². The molecule has 26 heavy (non-hydrogen) atoms. The van der Waals surface area contributed by atoms with E-state index in [1.54, 1.807) is 17.0 Å². The Kier molecular flexibility index (Phi) is 4.13. The van der Waals surface area contributed by atoms with Crippen LogP contribution in [-0.2, 0) is 6.42 Å². The maximum absolute atomic E-state index is 13.1. The van der Waals surface area contributed by atoms with Crippen molar-refractivity contribution in [1.82, 2.24) is 9.78 Å². The summed E-state index contributed by atoms with van der Waals surface area (Å²) >= 11 is 0. The zero-order valence-corrected chi connectivity index (χ0v) is 14.6. The number of aromatic nitrogens is 2. The van der Waals surface area contributed by atoms with Crippen LogP contribution in [0.4, 0.5) is 5.69 Å². The summed E-state index contributed by atoms with van der Waals surface area (Å²) in [5, 5.41) is 4.32. The zero-order valence-electron chi connectivity index (χ0n) is 14.6. The van der Waals surface area contributed by atoms with Crippen LogP contribution in [-0.4, -0.2) is 22.2 Å². The molecule has 0 radical (unpaired) electrons. The lowest BCUT2D eigenvalue weighted by Crippen LogP contribution is -2.37. The van der Waals surface area contributed by atoms with Crippen LogP contribution in [0.5, 0.6) is 0 Å². The fourth-order valence-electron chi connectivity index (χ4n) is 3.35. The van der Waals surface area contributed by atoms with Crippen molar-refractivity contribution in [2.24, 2.45) is 0 Å². The number of carbonyl (C=O) groups is 1. The quantitative estimate of drug-likeness (QED) is 0.717. The van der Waals surface area contributed by atoms with Gasteiger partial charge in [-0.15, -0.1) is 0 Å². The van der Waals surface area contributed by atoms with Crippen molar-refractivity contribution in [3.05, 3.63) is 87.8 Å². The summed E-state index contributed by atoms with van der Waals surface area (Å²) in [6.07, 6.45) is 1.89. The minimum absolute atomic E-state index is 0.181. The molecule has 0 spiro atoms. The molecule has 0 saturated heterocycles. The van der Waals surface area contributed by atoms with E-state index in [9.17, 15) is 9.59 Å². The third kappa shape index (κ3) is 2.92. The second-order valence-electron chi connectivity index (χ2n) is 6.50. The summed E-state index contributed by atoms with van der Waals surface area (Å²) < 4.78 is 1.27. The molecular formula is C21H19N3O2. The molecule has 5 nitrogen and oxygen atoms in total. The minimum Gasteiger partial charge on any atom is -0.307 e. The molecule has 2 heterocycles. The Labute approximate surface area is 151 Å². The van der Waals surface area contributed by atoms with E-state index in [1.807, 2.05) is 30.3 Å². The number of hydrogen-bond acceptors (Lipinski definition) is 3. The predicted molar refractivity (Wildman–Crippen MR) is 101 cm³/mol. The first-order valence-corrected chi connectivity index (χ1v) is 8.71. The Balaban J connectivity index is 1.74. The summed E-state index contributed by atoms with van der Waals surface area (Å²) in [6, 6.07) is 18.2. The van der Waals surface area contributed by atoms with Gasteiger partial charge in [-0.3, -0.25) is 9.59 Å². The summed E-state index contributed by atoms with van der Waals surface area (Å²) in [4.78, 5) is 27.0. The van der Waals surface area contributed by atoms with Gasteiger partial charge in [0.2, 0.25) is 0 Å². The van der Waals surface area contributed by atoms with E-state index in [4.69, 9.17) is 0 Å². The van der Waals surface area contributed by atoms with Gasteiger partial charge in [-0.1, -0.05) is 35.9 Å². The maximum atomic E-state index is 13.1. The van der Waals surface area contributed by atoms with E-state index < -0.39 is 0 Å². The Morgan fingerprint density at radius 3 is 2.65 bits per heavy atom. The third-order valence-corrected chi connectivity index (χ3v) is 4.62. The van der Waals surface area contributed by atoms with Crippen LogP contribution in [0.3, 0.4) is 0 Å². The maximum Gasteiger partial charge on any atom is 0.278 e. The fraction of sp³-hybridized carbons (Fsp3) is 0.190. The molecule has 1 aliphatic rings.